The molecule has 24 heavy (non-hydrogen) atoms. The second kappa shape index (κ2) is 7.62. The fourth-order valence-electron chi connectivity index (χ4n) is 2.77. The lowest BCUT2D eigenvalue weighted by Gasteiger charge is -2.32. The van der Waals surface area contributed by atoms with Crippen LogP contribution in [0.15, 0.2) is 36.4 Å². The third kappa shape index (κ3) is 4.45. The van der Waals surface area contributed by atoms with Crippen LogP contribution in [0.25, 0.3) is 0 Å². The quantitative estimate of drug-likeness (QED) is 0.854. The summed E-state index contributed by atoms with van der Waals surface area (Å²) < 4.78 is 5.87. The van der Waals surface area contributed by atoms with Crippen LogP contribution in [0.1, 0.15) is 24.1 Å². The molecule has 1 aromatic heterocycles. The SMILES string of the molecule is Cc1ccc(OC2CCCN(C(=O)Cc3ccc(Cl)cc3)C2)nn1. The zero-order valence-corrected chi connectivity index (χ0v) is 14.4. The second-order valence-corrected chi connectivity index (χ2v) is 6.47. The van der Waals surface area contributed by atoms with Crippen molar-refractivity contribution in [1.82, 2.24) is 15.1 Å². The first kappa shape index (κ1) is 16.7. The van der Waals surface area contributed by atoms with Gasteiger partial charge in [-0.1, -0.05) is 23.7 Å². The van der Waals surface area contributed by atoms with Gasteiger partial charge in [-0.05, 0) is 43.5 Å². The Hall–Kier alpha value is -2.14. The summed E-state index contributed by atoms with van der Waals surface area (Å²) in [6.07, 6.45) is 2.19. The molecule has 1 atom stereocenters. The van der Waals surface area contributed by atoms with Gasteiger partial charge in [0.25, 0.3) is 0 Å². The van der Waals surface area contributed by atoms with Crippen molar-refractivity contribution in [3.05, 3.63) is 52.7 Å². The molecule has 1 unspecified atom stereocenters. The number of ether oxygens (including phenoxy) is 1. The number of hydrogen-bond donors (Lipinski definition) is 0. The number of amides is 1. The summed E-state index contributed by atoms with van der Waals surface area (Å²) in [5.41, 5.74) is 1.82. The van der Waals surface area contributed by atoms with Crippen molar-refractivity contribution in [2.75, 3.05) is 13.1 Å². The van der Waals surface area contributed by atoms with E-state index in [4.69, 9.17) is 16.3 Å². The fourth-order valence-corrected chi connectivity index (χ4v) is 2.90. The van der Waals surface area contributed by atoms with Crippen molar-refractivity contribution in [3.8, 4) is 5.88 Å². The number of nitrogens with zero attached hydrogens (tertiary/aromatic N) is 3. The number of carbonyl (C=O) groups is 1. The third-order valence-corrected chi connectivity index (χ3v) is 4.31. The number of aromatic nitrogens is 2. The maximum Gasteiger partial charge on any atom is 0.233 e. The smallest absolute Gasteiger partial charge is 0.233 e. The molecule has 1 amide bonds. The Morgan fingerprint density at radius 2 is 2.04 bits per heavy atom. The summed E-state index contributed by atoms with van der Waals surface area (Å²) in [6, 6.07) is 11.1. The van der Waals surface area contributed by atoms with E-state index in [1.54, 1.807) is 0 Å². The standard InChI is InChI=1S/C18H20ClN3O2/c1-13-4-9-17(21-20-13)24-16-3-2-10-22(12-16)18(23)11-14-5-7-15(19)8-6-14/h4-9,16H,2-3,10-12H2,1H3. The van der Waals surface area contributed by atoms with Gasteiger partial charge < -0.3 is 9.64 Å². The topological polar surface area (TPSA) is 55.3 Å². The van der Waals surface area contributed by atoms with Gasteiger partial charge in [0, 0.05) is 17.6 Å². The van der Waals surface area contributed by atoms with E-state index < -0.39 is 0 Å². The lowest BCUT2D eigenvalue weighted by Crippen LogP contribution is -2.45. The van der Waals surface area contributed by atoms with Crippen LogP contribution in [-0.4, -0.2) is 40.2 Å². The summed E-state index contributed by atoms with van der Waals surface area (Å²) in [4.78, 5) is 14.4. The number of likely N-dealkylation sites (tertiary alicyclic amines) is 1. The predicted octanol–water partition coefficient (Wildman–Crippen LogP) is 3.05. The van der Waals surface area contributed by atoms with E-state index >= 15 is 0 Å². The lowest BCUT2D eigenvalue weighted by atomic mass is 10.1. The number of hydrogen-bond acceptors (Lipinski definition) is 4. The zero-order chi connectivity index (χ0) is 16.9. The molecule has 126 valence electrons. The molecule has 0 aliphatic carbocycles. The normalized spacial score (nSPS) is 17.6. The van der Waals surface area contributed by atoms with Crippen molar-refractivity contribution in [2.45, 2.75) is 32.3 Å². The molecule has 2 heterocycles. The van der Waals surface area contributed by atoms with Crippen molar-refractivity contribution in [1.29, 1.82) is 0 Å². The van der Waals surface area contributed by atoms with E-state index in [-0.39, 0.29) is 12.0 Å². The van der Waals surface area contributed by atoms with Crippen LogP contribution in [0.4, 0.5) is 0 Å². The first-order chi connectivity index (χ1) is 11.6. The number of benzene rings is 1. The van der Waals surface area contributed by atoms with Gasteiger partial charge >= 0.3 is 0 Å². The summed E-state index contributed by atoms with van der Waals surface area (Å²) in [5, 5.41) is 8.70. The van der Waals surface area contributed by atoms with Gasteiger partial charge in [0.1, 0.15) is 6.10 Å². The molecule has 0 radical (unpaired) electrons. The fraction of sp³-hybridized carbons (Fsp3) is 0.389. The Labute approximate surface area is 146 Å². The summed E-state index contributed by atoms with van der Waals surface area (Å²) in [6.45, 7) is 3.24. The minimum atomic E-state index is -0.0371. The molecule has 1 aromatic carbocycles. The van der Waals surface area contributed by atoms with Gasteiger partial charge in [-0.25, -0.2) is 0 Å². The van der Waals surface area contributed by atoms with Crippen molar-refractivity contribution in [2.24, 2.45) is 0 Å². The second-order valence-electron chi connectivity index (χ2n) is 6.04. The van der Waals surface area contributed by atoms with Gasteiger partial charge in [-0.3, -0.25) is 4.79 Å². The van der Waals surface area contributed by atoms with Crippen LogP contribution >= 0.6 is 11.6 Å². The van der Waals surface area contributed by atoms with Crippen LogP contribution in [0.2, 0.25) is 5.02 Å². The van der Waals surface area contributed by atoms with Crippen LogP contribution < -0.4 is 4.74 Å². The lowest BCUT2D eigenvalue weighted by molar-refractivity contribution is -0.133. The minimum absolute atomic E-state index is 0.0371. The average molecular weight is 346 g/mol. The first-order valence-electron chi connectivity index (χ1n) is 8.09. The Bertz CT molecular complexity index is 688. The number of carbonyl (C=O) groups excluding carboxylic acids is 1. The molecule has 5 nitrogen and oxygen atoms in total. The number of halogens is 1. The van der Waals surface area contributed by atoms with Gasteiger partial charge in [0.15, 0.2) is 0 Å². The summed E-state index contributed by atoms with van der Waals surface area (Å²) in [5.74, 6) is 0.623. The average Bonchev–Trinajstić information content (AvgIpc) is 2.59. The Kier molecular flexibility index (Phi) is 5.30. The molecule has 1 aliphatic rings. The highest BCUT2D eigenvalue weighted by molar-refractivity contribution is 6.30. The van der Waals surface area contributed by atoms with Gasteiger partial charge in [-0.15, -0.1) is 5.10 Å². The molecule has 0 spiro atoms. The maximum atomic E-state index is 12.5. The third-order valence-electron chi connectivity index (χ3n) is 4.06. The molecular weight excluding hydrogens is 326 g/mol. The Morgan fingerprint density at radius 1 is 1.25 bits per heavy atom. The molecular formula is C18H20ClN3O2. The van der Waals surface area contributed by atoms with Crippen LogP contribution in [0.5, 0.6) is 5.88 Å². The van der Waals surface area contributed by atoms with Gasteiger partial charge in [0.2, 0.25) is 11.8 Å². The molecule has 0 bridgehead atoms. The zero-order valence-electron chi connectivity index (χ0n) is 13.6. The maximum absolute atomic E-state index is 12.5. The largest absolute Gasteiger partial charge is 0.471 e. The molecule has 1 aliphatic heterocycles. The molecule has 3 rings (SSSR count). The predicted molar refractivity (Wildman–Crippen MR) is 92.2 cm³/mol. The van der Waals surface area contributed by atoms with Crippen molar-refractivity contribution < 1.29 is 9.53 Å². The van der Waals surface area contributed by atoms with Gasteiger partial charge in [0.05, 0.1) is 18.7 Å². The molecule has 6 heteroatoms. The van der Waals surface area contributed by atoms with Crippen molar-refractivity contribution in [3.63, 3.8) is 0 Å². The number of aryl methyl sites for hydroxylation is 1. The monoisotopic (exact) mass is 345 g/mol. The minimum Gasteiger partial charge on any atom is -0.471 e. The molecule has 1 fully saturated rings. The summed E-state index contributed by atoms with van der Waals surface area (Å²) in [7, 11) is 0. The highest BCUT2D eigenvalue weighted by Gasteiger charge is 2.25. The van der Waals surface area contributed by atoms with Gasteiger partial charge in [-0.2, -0.15) is 5.10 Å². The highest BCUT2D eigenvalue weighted by atomic mass is 35.5. The Morgan fingerprint density at radius 3 is 2.75 bits per heavy atom. The number of piperidine rings is 1. The van der Waals surface area contributed by atoms with Crippen LogP contribution in [0, 0.1) is 6.92 Å². The van der Waals surface area contributed by atoms with E-state index in [1.165, 1.54) is 0 Å². The van der Waals surface area contributed by atoms with Crippen molar-refractivity contribution >= 4 is 17.5 Å². The van der Waals surface area contributed by atoms with E-state index in [0.29, 0.717) is 23.9 Å². The Balaban J connectivity index is 1.57. The van der Waals surface area contributed by atoms with Crippen LogP contribution in [0.3, 0.4) is 0 Å². The molecule has 0 N–H and O–H groups in total. The highest BCUT2D eigenvalue weighted by Crippen LogP contribution is 2.18. The molecule has 2 aromatic rings. The first-order valence-corrected chi connectivity index (χ1v) is 8.47. The molecule has 1 saturated heterocycles. The molecule has 0 saturated carbocycles. The van der Waals surface area contributed by atoms with Crippen LogP contribution in [-0.2, 0) is 11.2 Å². The summed E-state index contributed by atoms with van der Waals surface area (Å²) >= 11 is 5.88. The van der Waals surface area contributed by atoms with E-state index in [2.05, 4.69) is 10.2 Å². The van der Waals surface area contributed by atoms with E-state index in [1.807, 2.05) is 48.2 Å². The van der Waals surface area contributed by atoms with E-state index in [9.17, 15) is 4.79 Å². The number of rotatable bonds is 4. The van der Waals surface area contributed by atoms with E-state index in [0.717, 1.165) is 30.6 Å².